The number of carbonyl (C=O) groups is 1. The number of benzene rings is 1. The molecule has 1 aromatic carbocycles. The van der Waals surface area contributed by atoms with Crippen molar-refractivity contribution < 1.29 is 17.8 Å². The Morgan fingerprint density at radius 1 is 1.00 bits per heavy atom. The van der Waals surface area contributed by atoms with E-state index >= 15 is 0 Å². The Kier molecular flexibility index (Phi) is 7.50. The minimum absolute atomic E-state index is 0.0542. The van der Waals surface area contributed by atoms with Crippen molar-refractivity contribution in [3.8, 4) is 0 Å². The lowest BCUT2D eigenvalue weighted by molar-refractivity contribution is 0.108. The standard InChI is InChI=1S/C18H28O4S2/c1-11(2)14-9-15(12(3)4)17(16(10-14)13(5)6)18(19)23-7-8-24(20,21)22/h9-13H,7-8H2,1-6H3,(H,20,21,22). The van der Waals surface area contributed by atoms with Crippen LogP contribution in [0.3, 0.4) is 0 Å². The molecule has 24 heavy (non-hydrogen) atoms. The van der Waals surface area contributed by atoms with Crippen LogP contribution in [0.5, 0.6) is 0 Å². The summed E-state index contributed by atoms with van der Waals surface area (Å²) in [7, 11) is -4.05. The van der Waals surface area contributed by atoms with Crippen molar-refractivity contribution in [2.24, 2.45) is 0 Å². The zero-order valence-corrected chi connectivity index (χ0v) is 16.9. The van der Waals surface area contributed by atoms with Crippen LogP contribution in [0.1, 0.15) is 86.3 Å². The van der Waals surface area contributed by atoms with E-state index in [4.69, 9.17) is 4.55 Å². The first kappa shape index (κ1) is 21.2. The molecule has 136 valence electrons. The van der Waals surface area contributed by atoms with Gasteiger partial charge in [-0.05, 0) is 34.4 Å². The molecular formula is C18H28O4S2. The van der Waals surface area contributed by atoms with Gasteiger partial charge in [-0.3, -0.25) is 9.35 Å². The maximum absolute atomic E-state index is 12.7. The molecule has 0 aliphatic rings. The Morgan fingerprint density at radius 3 is 1.79 bits per heavy atom. The predicted octanol–water partition coefficient (Wildman–Crippen LogP) is 4.82. The Bertz CT molecular complexity index is 660. The lowest BCUT2D eigenvalue weighted by Gasteiger charge is -2.21. The molecule has 4 nitrogen and oxygen atoms in total. The summed E-state index contributed by atoms with van der Waals surface area (Å²) in [5, 5.41) is -0.124. The summed E-state index contributed by atoms with van der Waals surface area (Å²) < 4.78 is 30.5. The van der Waals surface area contributed by atoms with Gasteiger partial charge in [0.05, 0.1) is 5.75 Å². The molecule has 0 spiro atoms. The van der Waals surface area contributed by atoms with E-state index in [2.05, 4.69) is 53.7 Å². The van der Waals surface area contributed by atoms with Crippen LogP contribution in [0.4, 0.5) is 0 Å². The van der Waals surface area contributed by atoms with E-state index in [0.717, 1.165) is 22.9 Å². The highest BCUT2D eigenvalue weighted by atomic mass is 32.2. The van der Waals surface area contributed by atoms with E-state index in [-0.39, 0.29) is 22.7 Å². The van der Waals surface area contributed by atoms with Crippen molar-refractivity contribution in [3.05, 3.63) is 34.4 Å². The van der Waals surface area contributed by atoms with Gasteiger partial charge in [-0.1, -0.05) is 65.4 Å². The van der Waals surface area contributed by atoms with Gasteiger partial charge >= 0.3 is 0 Å². The highest BCUT2D eigenvalue weighted by Gasteiger charge is 2.22. The molecule has 0 aromatic heterocycles. The van der Waals surface area contributed by atoms with Crippen LogP contribution in [-0.4, -0.2) is 29.6 Å². The van der Waals surface area contributed by atoms with E-state index in [1.165, 1.54) is 5.56 Å². The topological polar surface area (TPSA) is 71.4 Å². The molecule has 0 fully saturated rings. The molecule has 0 bridgehead atoms. The van der Waals surface area contributed by atoms with Crippen LogP contribution in [-0.2, 0) is 10.1 Å². The first-order valence-corrected chi connectivity index (χ1v) is 10.8. The fourth-order valence-corrected chi connectivity index (χ4v) is 4.24. The smallest absolute Gasteiger partial charge is 0.265 e. The Morgan fingerprint density at radius 2 is 1.46 bits per heavy atom. The van der Waals surface area contributed by atoms with Gasteiger partial charge in [0.2, 0.25) is 5.12 Å². The zero-order valence-electron chi connectivity index (χ0n) is 15.3. The minimum Gasteiger partial charge on any atom is -0.286 e. The number of thioether (sulfide) groups is 1. The van der Waals surface area contributed by atoms with Crippen LogP contribution < -0.4 is 0 Å². The average Bonchev–Trinajstić information content (AvgIpc) is 2.43. The molecule has 0 saturated heterocycles. The molecule has 0 aliphatic heterocycles. The van der Waals surface area contributed by atoms with Crippen molar-refractivity contribution in [2.45, 2.75) is 59.3 Å². The minimum atomic E-state index is -4.05. The molecule has 6 heteroatoms. The molecule has 1 rings (SSSR count). The van der Waals surface area contributed by atoms with E-state index in [1.807, 2.05) is 0 Å². The van der Waals surface area contributed by atoms with E-state index in [1.54, 1.807) is 0 Å². The Hall–Kier alpha value is -0.850. The third-order valence-electron chi connectivity index (χ3n) is 3.91. The normalized spacial score (nSPS) is 12.4. The lowest BCUT2D eigenvalue weighted by atomic mass is 9.85. The monoisotopic (exact) mass is 372 g/mol. The van der Waals surface area contributed by atoms with Crippen LogP contribution >= 0.6 is 11.8 Å². The fraction of sp³-hybridized carbons (Fsp3) is 0.611. The maximum atomic E-state index is 12.7. The van der Waals surface area contributed by atoms with Gasteiger partial charge in [-0.2, -0.15) is 8.42 Å². The number of hydrogen-bond donors (Lipinski definition) is 1. The summed E-state index contributed by atoms with van der Waals surface area (Å²) in [6.07, 6.45) is 0. The van der Waals surface area contributed by atoms with E-state index in [9.17, 15) is 13.2 Å². The molecule has 0 atom stereocenters. The van der Waals surface area contributed by atoms with Crippen LogP contribution in [0, 0.1) is 0 Å². The largest absolute Gasteiger partial charge is 0.286 e. The maximum Gasteiger partial charge on any atom is 0.265 e. The number of rotatable bonds is 7. The molecule has 0 saturated carbocycles. The third kappa shape index (κ3) is 5.90. The number of hydrogen-bond acceptors (Lipinski definition) is 4. The second-order valence-corrected chi connectivity index (χ2v) is 9.60. The van der Waals surface area contributed by atoms with Gasteiger partial charge in [0.15, 0.2) is 0 Å². The molecule has 0 unspecified atom stereocenters. The van der Waals surface area contributed by atoms with Gasteiger partial charge in [0.1, 0.15) is 0 Å². The first-order chi connectivity index (χ1) is 10.9. The molecule has 0 heterocycles. The fourth-order valence-electron chi connectivity index (χ4n) is 2.50. The molecular weight excluding hydrogens is 344 g/mol. The second-order valence-electron chi connectivity index (χ2n) is 6.96. The highest BCUT2D eigenvalue weighted by molar-refractivity contribution is 8.14. The van der Waals surface area contributed by atoms with Gasteiger partial charge in [0, 0.05) is 11.3 Å². The summed E-state index contributed by atoms with van der Waals surface area (Å²) in [4.78, 5) is 12.7. The van der Waals surface area contributed by atoms with Gasteiger partial charge < -0.3 is 0 Å². The van der Waals surface area contributed by atoms with E-state index in [0.29, 0.717) is 11.5 Å². The first-order valence-electron chi connectivity index (χ1n) is 8.24. The Balaban J connectivity index is 3.30. The summed E-state index contributed by atoms with van der Waals surface area (Å²) in [5.74, 6) is 0.404. The van der Waals surface area contributed by atoms with E-state index < -0.39 is 15.9 Å². The van der Waals surface area contributed by atoms with Crippen molar-refractivity contribution in [2.75, 3.05) is 11.5 Å². The highest BCUT2D eigenvalue weighted by Crippen LogP contribution is 2.34. The average molecular weight is 373 g/mol. The molecule has 1 N–H and O–H groups in total. The summed E-state index contributed by atoms with van der Waals surface area (Å²) in [5.41, 5.74) is 3.93. The molecule has 0 radical (unpaired) electrons. The summed E-state index contributed by atoms with van der Waals surface area (Å²) >= 11 is 0.956. The Labute approximate surface area is 150 Å². The van der Waals surface area contributed by atoms with Crippen molar-refractivity contribution in [3.63, 3.8) is 0 Å². The SMILES string of the molecule is CC(C)c1cc(C(C)C)c(C(=O)SCCS(=O)(=O)O)c(C(C)C)c1. The van der Waals surface area contributed by atoms with Crippen LogP contribution in [0.15, 0.2) is 12.1 Å². The quantitative estimate of drug-likeness (QED) is 0.695. The number of carbonyl (C=O) groups excluding carboxylic acids is 1. The third-order valence-corrected chi connectivity index (χ3v) is 5.76. The van der Waals surface area contributed by atoms with Crippen molar-refractivity contribution in [1.29, 1.82) is 0 Å². The predicted molar refractivity (Wildman–Crippen MR) is 102 cm³/mol. The van der Waals surface area contributed by atoms with Gasteiger partial charge in [0.25, 0.3) is 10.1 Å². The second kappa shape index (κ2) is 8.50. The van der Waals surface area contributed by atoms with Crippen LogP contribution in [0.25, 0.3) is 0 Å². The lowest BCUT2D eigenvalue weighted by Crippen LogP contribution is -2.12. The van der Waals surface area contributed by atoms with Crippen LogP contribution in [0.2, 0.25) is 0 Å². The van der Waals surface area contributed by atoms with Gasteiger partial charge in [-0.25, -0.2) is 0 Å². The molecule has 0 amide bonds. The van der Waals surface area contributed by atoms with Crippen molar-refractivity contribution >= 4 is 27.0 Å². The summed E-state index contributed by atoms with van der Waals surface area (Å²) in [6.45, 7) is 12.5. The van der Waals surface area contributed by atoms with Gasteiger partial charge in [-0.15, -0.1) is 0 Å². The summed E-state index contributed by atoms with van der Waals surface area (Å²) in [6, 6.07) is 4.19. The molecule has 0 aliphatic carbocycles. The molecule has 1 aromatic rings. The zero-order chi connectivity index (χ0) is 18.7. The van der Waals surface area contributed by atoms with Crippen molar-refractivity contribution in [1.82, 2.24) is 0 Å².